The van der Waals surface area contributed by atoms with Gasteiger partial charge in [-0.15, -0.1) is 0 Å². The van der Waals surface area contributed by atoms with Crippen LogP contribution in [0.2, 0.25) is 0 Å². The molecule has 1 aliphatic rings. The van der Waals surface area contributed by atoms with Gasteiger partial charge < -0.3 is 9.51 Å². The van der Waals surface area contributed by atoms with Gasteiger partial charge in [-0.25, -0.2) is 4.98 Å². The first-order valence-electron chi connectivity index (χ1n) is 5.84. The van der Waals surface area contributed by atoms with Crippen molar-refractivity contribution in [3.63, 3.8) is 0 Å². The Hall–Kier alpha value is -1.84. The molecule has 3 rings (SSSR count). The summed E-state index contributed by atoms with van der Waals surface area (Å²) in [4.78, 5) is 15.3. The Labute approximate surface area is 98.9 Å². The fraction of sp³-hybridized carbons (Fsp3) is 0.385. The largest absolute Gasteiger partial charge is 0.481 e. The standard InChI is InChI=1S/C13H14N2O2/c1-8-2-5-11-10(6-12(16)17)14-13(9-3-4-9)15(11)7-8/h2,5,7,9H,3-4,6H2,1H3,(H,16,17). The maximum atomic E-state index is 10.8. The number of hydrogen-bond acceptors (Lipinski definition) is 2. The third kappa shape index (κ3) is 1.79. The summed E-state index contributed by atoms with van der Waals surface area (Å²) in [6.07, 6.45) is 4.37. The van der Waals surface area contributed by atoms with Gasteiger partial charge in [0.15, 0.2) is 0 Å². The Morgan fingerprint density at radius 3 is 2.94 bits per heavy atom. The lowest BCUT2D eigenvalue weighted by Crippen LogP contribution is -2.00. The molecular formula is C13H14N2O2. The van der Waals surface area contributed by atoms with E-state index in [1.807, 2.05) is 25.3 Å². The van der Waals surface area contributed by atoms with Gasteiger partial charge in [0.25, 0.3) is 0 Å². The zero-order valence-corrected chi connectivity index (χ0v) is 9.68. The highest BCUT2D eigenvalue weighted by molar-refractivity contribution is 5.73. The van der Waals surface area contributed by atoms with Crippen LogP contribution in [-0.4, -0.2) is 20.5 Å². The molecule has 1 saturated carbocycles. The van der Waals surface area contributed by atoms with E-state index in [0.717, 1.165) is 11.3 Å². The highest BCUT2D eigenvalue weighted by Gasteiger charge is 2.29. The first-order valence-corrected chi connectivity index (χ1v) is 5.84. The summed E-state index contributed by atoms with van der Waals surface area (Å²) >= 11 is 0. The monoisotopic (exact) mass is 230 g/mol. The van der Waals surface area contributed by atoms with Gasteiger partial charge in [0.2, 0.25) is 0 Å². The molecule has 1 fully saturated rings. The molecule has 0 bridgehead atoms. The maximum Gasteiger partial charge on any atom is 0.309 e. The molecule has 4 nitrogen and oxygen atoms in total. The van der Waals surface area contributed by atoms with E-state index in [-0.39, 0.29) is 6.42 Å². The molecule has 88 valence electrons. The molecule has 2 heterocycles. The number of aryl methyl sites for hydroxylation is 1. The molecule has 0 unspecified atom stereocenters. The number of imidazole rings is 1. The van der Waals surface area contributed by atoms with Gasteiger partial charge in [-0.2, -0.15) is 0 Å². The Bertz CT molecular complexity index is 597. The number of nitrogens with zero attached hydrogens (tertiary/aromatic N) is 2. The number of carboxylic acids is 1. The minimum absolute atomic E-state index is 0.000713. The second-order valence-electron chi connectivity index (χ2n) is 4.72. The fourth-order valence-electron chi connectivity index (χ4n) is 2.18. The number of carbonyl (C=O) groups is 1. The van der Waals surface area contributed by atoms with E-state index in [4.69, 9.17) is 5.11 Å². The normalized spacial score (nSPS) is 15.4. The zero-order chi connectivity index (χ0) is 12.0. The highest BCUT2D eigenvalue weighted by atomic mass is 16.4. The van der Waals surface area contributed by atoms with Crippen molar-refractivity contribution in [1.29, 1.82) is 0 Å². The summed E-state index contributed by atoms with van der Waals surface area (Å²) < 4.78 is 2.06. The molecule has 0 atom stereocenters. The van der Waals surface area contributed by atoms with E-state index >= 15 is 0 Å². The number of rotatable bonds is 3. The van der Waals surface area contributed by atoms with E-state index in [9.17, 15) is 4.79 Å². The molecule has 4 heteroatoms. The van der Waals surface area contributed by atoms with Crippen LogP contribution in [-0.2, 0) is 11.2 Å². The van der Waals surface area contributed by atoms with Crippen LogP contribution in [0.4, 0.5) is 0 Å². The van der Waals surface area contributed by atoms with Crippen LogP contribution in [0.5, 0.6) is 0 Å². The molecule has 1 N–H and O–H groups in total. The minimum Gasteiger partial charge on any atom is -0.481 e. The van der Waals surface area contributed by atoms with Crippen LogP contribution in [0.3, 0.4) is 0 Å². The predicted molar refractivity (Wildman–Crippen MR) is 63.2 cm³/mol. The number of pyridine rings is 1. The first kappa shape index (κ1) is 10.3. The van der Waals surface area contributed by atoms with Crippen LogP contribution in [0.1, 0.15) is 35.8 Å². The second-order valence-corrected chi connectivity index (χ2v) is 4.72. The molecule has 0 spiro atoms. The van der Waals surface area contributed by atoms with Crippen molar-refractivity contribution in [2.45, 2.75) is 32.1 Å². The smallest absolute Gasteiger partial charge is 0.309 e. The number of fused-ring (bicyclic) bond motifs is 1. The van der Waals surface area contributed by atoms with Crippen LogP contribution in [0.25, 0.3) is 5.52 Å². The average molecular weight is 230 g/mol. The summed E-state index contributed by atoms with van der Waals surface area (Å²) in [5.41, 5.74) is 2.78. The average Bonchev–Trinajstić information content (AvgIpc) is 3.03. The molecule has 0 saturated heterocycles. The molecule has 2 aromatic rings. The number of hydrogen-bond donors (Lipinski definition) is 1. The van der Waals surface area contributed by atoms with Crippen molar-refractivity contribution >= 4 is 11.5 Å². The van der Waals surface area contributed by atoms with Crippen LogP contribution < -0.4 is 0 Å². The Kier molecular flexibility index (Phi) is 2.18. The summed E-state index contributed by atoms with van der Waals surface area (Å²) in [6, 6.07) is 3.96. The lowest BCUT2D eigenvalue weighted by atomic mass is 10.2. The van der Waals surface area contributed by atoms with Gasteiger partial charge in [0.1, 0.15) is 5.82 Å². The van der Waals surface area contributed by atoms with E-state index in [2.05, 4.69) is 9.38 Å². The summed E-state index contributed by atoms with van der Waals surface area (Å²) in [7, 11) is 0. The first-order chi connectivity index (χ1) is 8.15. The number of aromatic nitrogens is 2. The lowest BCUT2D eigenvalue weighted by Gasteiger charge is -2.00. The van der Waals surface area contributed by atoms with Crippen LogP contribution in [0.15, 0.2) is 18.3 Å². The molecule has 0 aliphatic heterocycles. The molecule has 0 radical (unpaired) electrons. The Morgan fingerprint density at radius 2 is 2.29 bits per heavy atom. The van der Waals surface area contributed by atoms with Crippen LogP contribution in [0, 0.1) is 6.92 Å². The quantitative estimate of drug-likeness (QED) is 0.879. The van der Waals surface area contributed by atoms with Crippen molar-refractivity contribution in [2.24, 2.45) is 0 Å². The van der Waals surface area contributed by atoms with Crippen molar-refractivity contribution in [3.05, 3.63) is 35.4 Å². The Morgan fingerprint density at radius 1 is 1.53 bits per heavy atom. The Balaban J connectivity index is 2.19. The van der Waals surface area contributed by atoms with Gasteiger partial charge in [-0.3, -0.25) is 4.79 Å². The van der Waals surface area contributed by atoms with Crippen molar-refractivity contribution in [1.82, 2.24) is 9.38 Å². The fourth-order valence-corrected chi connectivity index (χ4v) is 2.18. The second kappa shape index (κ2) is 3.58. The molecule has 1 aliphatic carbocycles. The lowest BCUT2D eigenvalue weighted by molar-refractivity contribution is -0.136. The third-order valence-corrected chi connectivity index (χ3v) is 3.15. The SMILES string of the molecule is Cc1ccc2c(CC(=O)O)nc(C3CC3)n2c1. The maximum absolute atomic E-state index is 10.8. The summed E-state index contributed by atoms with van der Waals surface area (Å²) in [5, 5.41) is 8.90. The van der Waals surface area contributed by atoms with Crippen molar-refractivity contribution < 1.29 is 9.90 Å². The van der Waals surface area contributed by atoms with E-state index in [1.54, 1.807) is 0 Å². The van der Waals surface area contributed by atoms with Gasteiger partial charge in [-0.05, 0) is 31.4 Å². The summed E-state index contributed by atoms with van der Waals surface area (Å²) in [5.74, 6) is 0.722. The van der Waals surface area contributed by atoms with Gasteiger partial charge in [-0.1, -0.05) is 6.07 Å². The van der Waals surface area contributed by atoms with Crippen molar-refractivity contribution in [2.75, 3.05) is 0 Å². The minimum atomic E-state index is -0.826. The van der Waals surface area contributed by atoms with Crippen molar-refractivity contribution in [3.8, 4) is 0 Å². The topological polar surface area (TPSA) is 54.6 Å². The van der Waals surface area contributed by atoms with E-state index < -0.39 is 5.97 Å². The predicted octanol–water partition coefficient (Wildman–Crippen LogP) is 2.15. The van der Waals surface area contributed by atoms with Gasteiger partial charge in [0.05, 0.1) is 17.6 Å². The molecule has 0 amide bonds. The molecule has 0 aromatic carbocycles. The molecule has 17 heavy (non-hydrogen) atoms. The third-order valence-electron chi connectivity index (χ3n) is 3.15. The summed E-state index contributed by atoms with van der Waals surface area (Å²) in [6.45, 7) is 2.03. The molecule has 2 aromatic heterocycles. The van der Waals surface area contributed by atoms with E-state index in [0.29, 0.717) is 11.6 Å². The van der Waals surface area contributed by atoms with Gasteiger partial charge >= 0.3 is 5.97 Å². The molecular weight excluding hydrogens is 216 g/mol. The zero-order valence-electron chi connectivity index (χ0n) is 9.68. The van der Waals surface area contributed by atoms with Crippen LogP contribution >= 0.6 is 0 Å². The number of aliphatic carboxylic acids is 1. The van der Waals surface area contributed by atoms with E-state index in [1.165, 1.54) is 18.4 Å². The number of carboxylic acid groups (broad SMARTS) is 1. The van der Waals surface area contributed by atoms with Gasteiger partial charge in [0, 0.05) is 12.1 Å². The highest BCUT2D eigenvalue weighted by Crippen LogP contribution is 2.40.